The van der Waals surface area contributed by atoms with Crippen molar-refractivity contribution >= 4 is 17.5 Å². The van der Waals surface area contributed by atoms with Crippen molar-refractivity contribution in [3.8, 4) is 0 Å². The van der Waals surface area contributed by atoms with Gasteiger partial charge < -0.3 is 5.32 Å². The molecule has 0 radical (unpaired) electrons. The predicted octanol–water partition coefficient (Wildman–Crippen LogP) is 4.09. The van der Waals surface area contributed by atoms with E-state index in [4.69, 9.17) is 11.6 Å². The largest absolute Gasteiger partial charge is 0.355 e. The minimum atomic E-state index is 0.0346. The molecule has 1 aromatic carbocycles. The summed E-state index contributed by atoms with van der Waals surface area (Å²) in [5.41, 5.74) is 2.48. The Morgan fingerprint density at radius 3 is 2.50 bits per heavy atom. The van der Waals surface area contributed by atoms with Gasteiger partial charge in [0.25, 0.3) is 0 Å². The number of hydrogen-bond acceptors (Lipinski definition) is 1. The van der Waals surface area contributed by atoms with Gasteiger partial charge in [0.2, 0.25) is 5.91 Å². The molecule has 1 aromatic rings. The highest BCUT2D eigenvalue weighted by Crippen LogP contribution is 2.17. The number of hydrogen-bond donors (Lipinski definition) is 1. The zero-order valence-electron chi connectivity index (χ0n) is 12.8. The van der Waals surface area contributed by atoms with Crippen LogP contribution < -0.4 is 5.32 Å². The standard InChI is InChI=1S/C17H26ClNO/c1-4-14(5-2)16(18)12-19-17(20)11-10-15-9-7-6-8-13(15)3/h6-9,14,16H,4-5,10-12H2,1-3H3,(H,19,20). The van der Waals surface area contributed by atoms with Crippen molar-refractivity contribution in [1.82, 2.24) is 5.32 Å². The van der Waals surface area contributed by atoms with E-state index in [1.54, 1.807) is 0 Å². The van der Waals surface area contributed by atoms with E-state index >= 15 is 0 Å². The summed E-state index contributed by atoms with van der Waals surface area (Å²) >= 11 is 6.32. The fraction of sp³-hybridized carbons (Fsp3) is 0.588. The van der Waals surface area contributed by atoms with Gasteiger partial charge in [0.15, 0.2) is 0 Å². The maximum absolute atomic E-state index is 11.9. The summed E-state index contributed by atoms with van der Waals surface area (Å²) in [7, 11) is 0. The zero-order valence-corrected chi connectivity index (χ0v) is 13.5. The molecule has 1 rings (SSSR count). The van der Waals surface area contributed by atoms with Gasteiger partial charge in [-0.25, -0.2) is 0 Å². The lowest BCUT2D eigenvalue weighted by molar-refractivity contribution is -0.121. The van der Waals surface area contributed by atoms with Crippen LogP contribution in [-0.4, -0.2) is 17.8 Å². The van der Waals surface area contributed by atoms with Gasteiger partial charge in [-0.3, -0.25) is 4.79 Å². The molecule has 1 unspecified atom stereocenters. The Kier molecular flexibility index (Phi) is 7.68. The van der Waals surface area contributed by atoms with Gasteiger partial charge in [0.05, 0.1) is 5.38 Å². The molecule has 0 spiro atoms. The number of halogens is 1. The average Bonchev–Trinajstić information content (AvgIpc) is 2.45. The van der Waals surface area contributed by atoms with Crippen molar-refractivity contribution in [2.75, 3.05) is 6.54 Å². The van der Waals surface area contributed by atoms with Gasteiger partial charge in [-0.05, 0) is 30.4 Å². The quantitative estimate of drug-likeness (QED) is 0.719. The van der Waals surface area contributed by atoms with E-state index in [9.17, 15) is 4.79 Å². The van der Waals surface area contributed by atoms with Crippen LogP contribution in [0.15, 0.2) is 24.3 Å². The van der Waals surface area contributed by atoms with Gasteiger partial charge in [0, 0.05) is 13.0 Å². The summed E-state index contributed by atoms with van der Waals surface area (Å²) in [5.74, 6) is 0.568. The summed E-state index contributed by atoms with van der Waals surface area (Å²) in [6.45, 7) is 6.93. The third-order valence-corrected chi connectivity index (χ3v) is 4.45. The summed E-state index contributed by atoms with van der Waals surface area (Å²) in [6, 6.07) is 8.20. The van der Waals surface area contributed by atoms with Crippen LogP contribution in [0.1, 0.15) is 44.2 Å². The molecule has 0 aliphatic carbocycles. The van der Waals surface area contributed by atoms with E-state index in [2.05, 4.69) is 38.2 Å². The first-order chi connectivity index (χ1) is 9.58. The molecule has 0 aromatic heterocycles. The fourth-order valence-electron chi connectivity index (χ4n) is 2.41. The Bertz CT molecular complexity index is 415. The lowest BCUT2D eigenvalue weighted by Gasteiger charge is -2.19. The van der Waals surface area contributed by atoms with E-state index < -0.39 is 0 Å². The predicted molar refractivity (Wildman–Crippen MR) is 86.2 cm³/mol. The molecule has 1 amide bonds. The van der Waals surface area contributed by atoms with E-state index in [0.29, 0.717) is 18.9 Å². The summed E-state index contributed by atoms with van der Waals surface area (Å²) in [6.07, 6.45) is 3.43. The highest BCUT2D eigenvalue weighted by Gasteiger charge is 2.16. The molecule has 0 bridgehead atoms. The number of nitrogens with one attached hydrogen (secondary N) is 1. The van der Waals surface area contributed by atoms with Crippen LogP contribution in [0.4, 0.5) is 0 Å². The van der Waals surface area contributed by atoms with Crippen molar-refractivity contribution < 1.29 is 4.79 Å². The number of alkyl halides is 1. The van der Waals surface area contributed by atoms with Gasteiger partial charge in [-0.15, -0.1) is 11.6 Å². The van der Waals surface area contributed by atoms with Crippen LogP contribution in [0.3, 0.4) is 0 Å². The third-order valence-electron chi connectivity index (χ3n) is 3.94. The molecule has 0 saturated carbocycles. The first-order valence-corrected chi connectivity index (χ1v) is 7.97. The number of carbonyl (C=O) groups is 1. The van der Waals surface area contributed by atoms with E-state index in [-0.39, 0.29) is 11.3 Å². The van der Waals surface area contributed by atoms with E-state index in [0.717, 1.165) is 19.3 Å². The van der Waals surface area contributed by atoms with Crippen LogP contribution in [0.2, 0.25) is 0 Å². The second-order valence-electron chi connectivity index (χ2n) is 5.32. The van der Waals surface area contributed by atoms with Crippen LogP contribution in [0.5, 0.6) is 0 Å². The van der Waals surface area contributed by atoms with Crippen molar-refractivity contribution in [3.05, 3.63) is 35.4 Å². The minimum absolute atomic E-state index is 0.0346. The molecule has 1 atom stereocenters. The molecule has 0 fully saturated rings. The summed E-state index contributed by atoms with van der Waals surface area (Å²) < 4.78 is 0. The topological polar surface area (TPSA) is 29.1 Å². The van der Waals surface area contributed by atoms with Crippen molar-refractivity contribution in [2.45, 2.75) is 51.8 Å². The van der Waals surface area contributed by atoms with Gasteiger partial charge in [-0.2, -0.15) is 0 Å². The van der Waals surface area contributed by atoms with Crippen LogP contribution >= 0.6 is 11.6 Å². The van der Waals surface area contributed by atoms with E-state index in [1.807, 2.05) is 12.1 Å². The second kappa shape index (κ2) is 9.02. The fourth-order valence-corrected chi connectivity index (χ4v) is 2.84. The number of amides is 1. The SMILES string of the molecule is CCC(CC)C(Cl)CNC(=O)CCc1ccccc1C. The smallest absolute Gasteiger partial charge is 0.220 e. The molecule has 20 heavy (non-hydrogen) atoms. The summed E-state index contributed by atoms with van der Waals surface area (Å²) in [5, 5.41) is 2.99. The van der Waals surface area contributed by atoms with E-state index in [1.165, 1.54) is 11.1 Å². The Balaban J connectivity index is 2.32. The molecule has 3 heteroatoms. The van der Waals surface area contributed by atoms with Gasteiger partial charge >= 0.3 is 0 Å². The van der Waals surface area contributed by atoms with Crippen LogP contribution in [-0.2, 0) is 11.2 Å². The highest BCUT2D eigenvalue weighted by molar-refractivity contribution is 6.21. The van der Waals surface area contributed by atoms with Crippen LogP contribution in [0, 0.1) is 12.8 Å². The number of aryl methyl sites for hydroxylation is 2. The monoisotopic (exact) mass is 295 g/mol. The van der Waals surface area contributed by atoms with Crippen molar-refractivity contribution in [3.63, 3.8) is 0 Å². The maximum atomic E-state index is 11.9. The average molecular weight is 296 g/mol. The highest BCUT2D eigenvalue weighted by atomic mass is 35.5. The molecule has 2 nitrogen and oxygen atoms in total. The van der Waals surface area contributed by atoms with Gasteiger partial charge in [0.1, 0.15) is 0 Å². The molecule has 1 N–H and O–H groups in total. The minimum Gasteiger partial charge on any atom is -0.355 e. The first-order valence-electron chi connectivity index (χ1n) is 7.53. The van der Waals surface area contributed by atoms with Gasteiger partial charge in [-0.1, -0.05) is 51.0 Å². The molecule has 0 saturated heterocycles. The number of benzene rings is 1. The number of carbonyl (C=O) groups excluding carboxylic acids is 1. The molecule has 0 aliphatic heterocycles. The lowest BCUT2D eigenvalue weighted by atomic mass is 9.99. The molecular weight excluding hydrogens is 270 g/mol. The Morgan fingerprint density at radius 2 is 1.90 bits per heavy atom. The molecular formula is C17H26ClNO. The summed E-state index contributed by atoms with van der Waals surface area (Å²) in [4.78, 5) is 11.9. The lowest BCUT2D eigenvalue weighted by Crippen LogP contribution is -2.33. The Morgan fingerprint density at radius 1 is 1.25 bits per heavy atom. The Hall–Kier alpha value is -1.02. The maximum Gasteiger partial charge on any atom is 0.220 e. The molecule has 0 heterocycles. The second-order valence-corrected chi connectivity index (χ2v) is 5.88. The molecule has 0 aliphatic rings. The first kappa shape index (κ1) is 17.0. The van der Waals surface area contributed by atoms with Crippen molar-refractivity contribution in [2.24, 2.45) is 5.92 Å². The molecule has 112 valence electrons. The third kappa shape index (κ3) is 5.54. The zero-order chi connectivity index (χ0) is 15.0. The number of rotatable bonds is 8. The van der Waals surface area contributed by atoms with Crippen molar-refractivity contribution in [1.29, 1.82) is 0 Å². The van der Waals surface area contributed by atoms with Crippen LogP contribution in [0.25, 0.3) is 0 Å². The Labute approximate surface area is 127 Å². The normalized spacial score (nSPS) is 12.4.